The van der Waals surface area contributed by atoms with Gasteiger partial charge in [0.2, 0.25) is 5.95 Å². The first-order chi connectivity index (χ1) is 5.57. The van der Waals surface area contributed by atoms with Gasteiger partial charge >= 0.3 is 0 Å². The van der Waals surface area contributed by atoms with Crippen LogP contribution in [-0.4, -0.2) is 17.9 Å². The van der Waals surface area contributed by atoms with E-state index >= 15 is 0 Å². The molecule has 12 heavy (non-hydrogen) atoms. The number of aliphatic hydroxyl groups is 1. The predicted octanol–water partition coefficient (Wildman–Crippen LogP) is -0.215. The lowest BCUT2D eigenvalue weighted by Crippen LogP contribution is -2.20. The first kappa shape index (κ1) is 9.06. The second kappa shape index (κ2) is 3.14. The van der Waals surface area contributed by atoms with Crippen molar-refractivity contribution in [3.63, 3.8) is 0 Å². The highest BCUT2D eigenvalue weighted by Gasteiger charge is 2.09. The van der Waals surface area contributed by atoms with Crippen molar-refractivity contribution >= 4 is 13.3 Å². The van der Waals surface area contributed by atoms with Gasteiger partial charge < -0.3 is 13.0 Å². The third-order valence-electron chi connectivity index (χ3n) is 1.29. The molecule has 0 amide bonds. The van der Waals surface area contributed by atoms with Gasteiger partial charge in [-0.2, -0.15) is 4.39 Å². The maximum atomic E-state index is 12.7. The number of halogens is 3. The molecule has 6 heteroatoms. The van der Waals surface area contributed by atoms with E-state index in [2.05, 4.69) is 4.98 Å². The highest BCUT2D eigenvalue weighted by molar-refractivity contribution is 6.32. The third kappa shape index (κ3) is 1.29. The summed E-state index contributed by atoms with van der Waals surface area (Å²) in [6.45, 7) is -0.826. The summed E-state index contributed by atoms with van der Waals surface area (Å²) in [6, 6.07) is 0. The largest absolute Gasteiger partial charge is 0.572 e. The standard InChI is InChI=1S/C6H3BF3NO/c7-3-4(8)2(1-12)11-6(10)5(3)9/h12H,1H2/q-1. The Bertz CT molecular complexity index is 318. The Labute approximate surface area is 67.5 Å². The molecular weight excluding hydrogens is 170 g/mol. The molecule has 63 valence electrons. The van der Waals surface area contributed by atoms with Gasteiger partial charge in [0, 0.05) is 0 Å². The van der Waals surface area contributed by atoms with Crippen LogP contribution in [0.1, 0.15) is 5.69 Å². The molecule has 1 rings (SSSR count). The Kier molecular flexibility index (Phi) is 2.37. The van der Waals surface area contributed by atoms with Gasteiger partial charge in [0.1, 0.15) is 17.3 Å². The number of hydrogen-bond donors (Lipinski definition) is 1. The van der Waals surface area contributed by atoms with Crippen molar-refractivity contribution in [1.82, 2.24) is 4.98 Å². The minimum absolute atomic E-state index is 0.605. The molecule has 0 atom stereocenters. The first-order valence-electron chi connectivity index (χ1n) is 2.97. The van der Waals surface area contributed by atoms with E-state index in [1.165, 1.54) is 0 Å². The zero-order chi connectivity index (χ0) is 9.30. The lowest BCUT2D eigenvalue weighted by molar-refractivity contribution is 0.267. The molecular formula is C6H3BF3NO-. The molecule has 0 aliphatic heterocycles. The molecule has 0 saturated heterocycles. The van der Waals surface area contributed by atoms with Gasteiger partial charge in [-0.1, -0.05) is 0 Å². The fourth-order valence-electron chi connectivity index (χ4n) is 0.684. The predicted molar refractivity (Wildman–Crippen MR) is 35.4 cm³/mol. The van der Waals surface area contributed by atoms with Crippen molar-refractivity contribution < 1.29 is 18.3 Å². The molecule has 0 aliphatic carbocycles. The molecule has 0 spiro atoms. The van der Waals surface area contributed by atoms with Crippen LogP contribution in [0.5, 0.6) is 0 Å². The molecule has 0 aromatic carbocycles. The Hall–Kier alpha value is -1.04. The quantitative estimate of drug-likeness (QED) is 0.470. The minimum atomic E-state index is -1.54. The van der Waals surface area contributed by atoms with Gasteiger partial charge in [-0.05, 0) is 0 Å². The topological polar surface area (TPSA) is 33.1 Å². The normalized spacial score (nSPS) is 10.4. The van der Waals surface area contributed by atoms with Crippen LogP contribution in [0.3, 0.4) is 0 Å². The maximum Gasteiger partial charge on any atom is 0.245 e. The molecule has 0 aliphatic rings. The number of aliphatic hydroxyl groups excluding tert-OH is 1. The van der Waals surface area contributed by atoms with E-state index in [9.17, 15) is 13.2 Å². The molecule has 2 nitrogen and oxygen atoms in total. The average Bonchev–Trinajstić information content (AvgIpc) is 2.08. The molecule has 0 bridgehead atoms. The molecule has 1 aromatic heterocycles. The van der Waals surface area contributed by atoms with Gasteiger partial charge in [-0.3, -0.25) is 0 Å². The van der Waals surface area contributed by atoms with Crippen molar-refractivity contribution in [3.05, 3.63) is 23.3 Å². The number of nitrogens with zero attached hydrogens (tertiary/aromatic N) is 1. The molecule has 3 radical (unpaired) electrons. The van der Waals surface area contributed by atoms with Gasteiger partial charge in [0.15, 0.2) is 0 Å². The fraction of sp³-hybridized carbons (Fsp3) is 0.167. The van der Waals surface area contributed by atoms with E-state index in [1.54, 1.807) is 0 Å². The van der Waals surface area contributed by atoms with Crippen LogP contribution in [-0.2, 0) is 6.61 Å². The summed E-state index contributed by atoms with van der Waals surface area (Å²) in [5, 5.41) is 8.41. The van der Waals surface area contributed by atoms with E-state index in [4.69, 9.17) is 13.0 Å². The summed E-state index contributed by atoms with van der Waals surface area (Å²) in [5.74, 6) is -4.28. The van der Waals surface area contributed by atoms with Crippen molar-refractivity contribution in [3.8, 4) is 0 Å². The van der Waals surface area contributed by atoms with E-state index in [0.717, 1.165) is 0 Å². The number of pyridine rings is 1. The van der Waals surface area contributed by atoms with E-state index in [-0.39, 0.29) is 0 Å². The minimum Gasteiger partial charge on any atom is -0.572 e. The number of aromatic nitrogens is 1. The molecule has 1 N–H and O–H groups in total. The zero-order valence-corrected chi connectivity index (χ0v) is 5.81. The fourth-order valence-corrected chi connectivity index (χ4v) is 0.684. The van der Waals surface area contributed by atoms with E-state index in [1.807, 2.05) is 0 Å². The van der Waals surface area contributed by atoms with Crippen LogP contribution < -0.4 is 5.46 Å². The summed E-state index contributed by atoms with van der Waals surface area (Å²) in [7, 11) is 4.82. The van der Waals surface area contributed by atoms with Gasteiger partial charge in [0.25, 0.3) is 0 Å². The molecule has 0 saturated carbocycles. The smallest absolute Gasteiger partial charge is 0.245 e. The summed E-state index contributed by atoms with van der Waals surface area (Å²) >= 11 is 0. The van der Waals surface area contributed by atoms with Crippen LogP contribution in [0.25, 0.3) is 0 Å². The highest BCUT2D eigenvalue weighted by atomic mass is 19.2. The van der Waals surface area contributed by atoms with Crippen molar-refractivity contribution in [2.75, 3.05) is 0 Å². The van der Waals surface area contributed by atoms with Gasteiger partial charge in [0.05, 0.1) is 6.61 Å². The Morgan fingerprint density at radius 3 is 2.33 bits per heavy atom. The Balaban J connectivity index is 3.39. The summed E-state index contributed by atoms with van der Waals surface area (Å²) in [4.78, 5) is 2.80. The first-order valence-corrected chi connectivity index (χ1v) is 2.97. The van der Waals surface area contributed by atoms with Gasteiger partial charge in [-0.15, -0.1) is 0 Å². The summed E-state index contributed by atoms with van der Waals surface area (Å²) in [6.07, 6.45) is 0. The zero-order valence-electron chi connectivity index (χ0n) is 5.81. The van der Waals surface area contributed by atoms with Crippen LogP contribution in [0, 0.1) is 17.6 Å². The Morgan fingerprint density at radius 2 is 1.83 bits per heavy atom. The average molecular weight is 173 g/mol. The van der Waals surface area contributed by atoms with E-state index in [0.29, 0.717) is 0 Å². The number of rotatable bonds is 1. The van der Waals surface area contributed by atoms with Crippen molar-refractivity contribution in [2.45, 2.75) is 6.61 Å². The second-order valence-corrected chi connectivity index (χ2v) is 2.05. The highest BCUT2D eigenvalue weighted by Crippen LogP contribution is 2.06. The lowest BCUT2D eigenvalue weighted by atomic mass is 9.95. The monoisotopic (exact) mass is 173 g/mol. The summed E-state index contributed by atoms with van der Waals surface area (Å²) in [5.41, 5.74) is -1.57. The van der Waals surface area contributed by atoms with Crippen LogP contribution in [0.4, 0.5) is 13.2 Å². The molecule has 1 aromatic rings. The van der Waals surface area contributed by atoms with Crippen LogP contribution in [0.15, 0.2) is 0 Å². The molecule has 1 heterocycles. The van der Waals surface area contributed by atoms with E-state index < -0.39 is 35.3 Å². The SMILES string of the molecule is [B-]c1c(F)c(F)nc(CO)c1F. The second-order valence-electron chi connectivity index (χ2n) is 2.05. The molecule has 0 fully saturated rings. The molecule has 0 unspecified atom stereocenters. The van der Waals surface area contributed by atoms with Crippen LogP contribution in [0.2, 0.25) is 0 Å². The number of hydrogen-bond acceptors (Lipinski definition) is 2. The third-order valence-corrected chi connectivity index (χ3v) is 1.29. The van der Waals surface area contributed by atoms with Gasteiger partial charge in [-0.25, -0.2) is 19.2 Å². The lowest BCUT2D eigenvalue weighted by Gasteiger charge is -2.12. The van der Waals surface area contributed by atoms with Crippen molar-refractivity contribution in [1.29, 1.82) is 0 Å². The van der Waals surface area contributed by atoms with Crippen molar-refractivity contribution in [2.24, 2.45) is 0 Å². The maximum absolute atomic E-state index is 12.7. The Morgan fingerprint density at radius 1 is 1.25 bits per heavy atom. The van der Waals surface area contributed by atoms with Crippen LogP contribution >= 0.6 is 0 Å². The summed E-state index contributed by atoms with van der Waals surface area (Å²) < 4.78 is 37.5.